The number of alkyl halides is 1. The fraction of sp³-hybridized carbons (Fsp3) is 0.973. The summed E-state index contributed by atoms with van der Waals surface area (Å²) in [5, 5.41) is 2.63. The number of hydrogen-bond donors (Lipinski definition) is 1. The molecule has 0 aliphatic rings. The summed E-state index contributed by atoms with van der Waals surface area (Å²) < 4.78 is 77.7. The Morgan fingerprint density at radius 3 is 0.870 bits per heavy atom. The number of rotatable bonds is 45. The maximum absolute atomic E-state index is 11.5. The summed E-state index contributed by atoms with van der Waals surface area (Å²) >= 11 is 2.42. The van der Waals surface area contributed by atoms with Gasteiger partial charge in [0.15, 0.2) is 0 Å². The predicted octanol–water partition coefficient (Wildman–Crippen LogP) is 3.72. The van der Waals surface area contributed by atoms with Gasteiger partial charge in [0.2, 0.25) is 0 Å². The summed E-state index contributed by atoms with van der Waals surface area (Å²) in [7, 11) is 0. The van der Waals surface area contributed by atoms with E-state index in [4.69, 9.17) is 66.3 Å². The molecule has 0 unspecified atom stereocenters. The van der Waals surface area contributed by atoms with Gasteiger partial charge in [-0.15, -0.1) is 0 Å². The van der Waals surface area contributed by atoms with E-state index >= 15 is 0 Å². The maximum Gasteiger partial charge on any atom is 0.407 e. The molecular formula is C37H74INO15. The zero-order chi connectivity index (χ0) is 39.3. The molecule has 324 valence electrons. The highest BCUT2D eigenvalue weighted by atomic mass is 127. The number of halogens is 1. The van der Waals surface area contributed by atoms with Crippen molar-refractivity contribution >= 4 is 28.7 Å². The predicted molar refractivity (Wildman–Crippen MR) is 212 cm³/mol. The highest BCUT2D eigenvalue weighted by Crippen LogP contribution is 2.06. The number of amides is 1. The summed E-state index contributed by atoms with van der Waals surface area (Å²) in [6.45, 7) is 19.3. The van der Waals surface area contributed by atoms with Crippen molar-refractivity contribution in [3.05, 3.63) is 0 Å². The minimum atomic E-state index is -0.513. The topological polar surface area (TPSA) is 158 Å². The molecule has 0 aliphatic heterocycles. The zero-order valence-corrected chi connectivity index (χ0v) is 35.8. The number of unbranched alkanes of at least 4 members (excludes halogenated alkanes) is 3. The first kappa shape index (κ1) is 53.5. The molecule has 0 saturated carbocycles. The molecule has 0 saturated heterocycles. The normalized spacial score (nSPS) is 11.8. The molecule has 0 atom stereocenters. The lowest BCUT2D eigenvalue weighted by Crippen LogP contribution is -2.34. The van der Waals surface area contributed by atoms with Gasteiger partial charge < -0.3 is 71.6 Å². The van der Waals surface area contributed by atoms with E-state index in [-0.39, 0.29) is 0 Å². The van der Waals surface area contributed by atoms with E-state index in [0.717, 1.165) is 13.0 Å². The van der Waals surface area contributed by atoms with Crippen molar-refractivity contribution in [2.45, 2.75) is 52.1 Å². The van der Waals surface area contributed by atoms with Crippen molar-refractivity contribution in [3.63, 3.8) is 0 Å². The Balaban J connectivity index is 3.09. The fourth-order valence-corrected chi connectivity index (χ4v) is 4.47. The van der Waals surface area contributed by atoms with Gasteiger partial charge in [-0.3, -0.25) is 0 Å². The van der Waals surface area contributed by atoms with E-state index in [9.17, 15) is 4.79 Å². The van der Waals surface area contributed by atoms with Crippen LogP contribution in [0, 0.1) is 0 Å². The van der Waals surface area contributed by atoms with Crippen molar-refractivity contribution in [3.8, 4) is 0 Å². The smallest absolute Gasteiger partial charge is 0.407 e. The van der Waals surface area contributed by atoms with Gasteiger partial charge in [-0.05, 0) is 38.0 Å². The Bertz CT molecular complexity index is 740. The molecule has 0 heterocycles. The van der Waals surface area contributed by atoms with Crippen LogP contribution in [-0.4, -0.2) is 194 Å². The second-order valence-electron chi connectivity index (χ2n) is 12.5. The van der Waals surface area contributed by atoms with Gasteiger partial charge in [-0.1, -0.05) is 35.4 Å². The standard InChI is InChI=1S/C37H74INO15/c1-37(2,3)54-36(40)39-9-11-42-13-15-44-17-19-46-21-23-48-25-27-50-29-31-52-33-35-53-34-32-51-30-28-49-26-24-47-22-20-45-18-16-43-14-12-41-10-7-5-4-6-8-38/h4-35H2,1-3H3,(H,39,40). The van der Waals surface area contributed by atoms with E-state index in [0.29, 0.717) is 172 Å². The van der Waals surface area contributed by atoms with Crippen LogP contribution in [0.4, 0.5) is 4.79 Å². The monoisotopic (exact) mass is 899 g/mol. The molecule has 17 heteroatoms. The van der Waals surface area contributed by atoms with Gasteiger partial charge in [-0.25, -0.2) is 4.79 Å². The third kappa shape index (κ3) is 49.5. The highest BCUT2D eigenvalue weighted by Gasteiger charge is 2.15. The Kier molecular flexibility index (Phi) is 44.8. The molecule has 0 aromatic heterocycles. The molecule has 0 radical (unpaired) electrons. The summed E-state index contributed by atoms with van der Waals surface area (Å²) in [4.78, 5) is 11.5. The minimum absolute atomic E-state index is 0.382. The second kappa shape index (κ2) is 45.2. The van der Waals surface area contributed by atoms with Crippen LogP contribution in [-0.2, 0) is 66.3 Å². The van der Waals surface area contributed by atoms with Gasteiger partial charge in [0, 0.05) is 13.2 Å². The Morgan fingerprint density at radius 2 is 0.611 bits per heavy atom. The van der Waals surface area contributed by atoms with Gasteiger partial charge in [0.1, 0.15) is 5.60 Å². The van der Waals surface area contributed by atoms with Gasteiger partial charge in [-0.2, -0.15) is 0 Å². The Hall–Kier alpha value is -0.520. The molecule has 16 nitrogen and oxygen atoms in total. The van der Waals surface area contributed by atoms with E-state index in [2.05, 4.69) is 27.9 Å². The Morgan fingerprint density at radius 1 is 0.370 bits per heavy atom. The first-order valence-corrected chi connectivity index (χ1v) is 21.0. The van der Waals surface area contributed by atoms with Gasteiger partial charge in [0.05, 0.1) is 165 Å². The van der Waals surface area contributed by atoms with Crippen LogP contribution in [0.5, 0.6) is 0 Å². The minimum Gasteiger partial charge on any atom is -0.444 e. The molecule has 54 heavy (non-hydrogen) atoms. The summed E-state index contributed by atoms with van der Waals surface area (Å²) in [5.74, 6) is 0. The van der Waals surface area contributed by atoms with Crippen LogP contribution in [0.2, 0.25) is 0 Å². The van der Waals surface area contributed by atoms with Crippen LogP contribution in [0.25, 0.3) is 0 Å². The van der Waals surface area contributed by atoms with Crippen LogP contribution >= 0.6 is 22.6 Å². The largest absolute Gasteiger partial charge is 0.444 e. The third-order valence-corrected chi connectivity index (χ3v) is 7.31. The van der Waals surface area contributed by atoms with E-state index in [1.165, 1.54) is 23.7 Å². The quantitative estimate of drug-likeness (QED) is 0.0536. The van der Waals surface area contributed by atoms with Crippen molar-refractivity contribution < 1.29 is 71.1 Å². The van der Waals surface area contributed by atoms with Crippen molar-refractivity contribution in [2.75, 3.05) is 183 Å². The third-order valence-electron chi connectivity index (χ3n) is 6.55. The molecule has 0 spiro atoms. The Labute approximate surface area is 338 Å². The first-order valence-electron chi connectivity index (χ1n) is 19.5. The second-order valence-corrected chi connectivity index (χ2v) is 13.6. The molecule has 0 rings (SSSR count). The number of alkyl carbamates (subject to hydrolysis) is 1. The molecule has 1 amide bonds. The number of carbonyl (C=O) groups excluding carboxylic acids is 1. The molecule has 0 bridgehead atoms. The SMILES string of the molecule is CC(C)(C)OC(=O)NCCOCCOCCOCCOCCOCCOCCOCCOCCOCCOCCOCCOCCOCCCCCCI. The number of carbonyl (C=O) groups is 1. The van der Waals surface area contributed by atoms with Crippen LogP contribution in [0.3, 0.4) is 0 Å². The lowest BCUT2D eigenvalue weighted by Gasteiger charge is -2.19. The summed E-state index contributed by atoms with van der Waals surface area (Å²) in [6, 6.07) is 0. The van der Waals surface area contributed by atoms with Gasteiger partial charge in [0.25, 0.3) is 0 Å². The molecule has 0 aliphatic carbocycles. The van der Waals surface area contributed by atoms with Crippen LogP contribution in [0.1, 0.15) is 46.5 Å². The molecule has 1 N–H and O–H groups in total. The van der Waals surface area contributed by atoms with E-state index < -0.39 is 11.7 Å². The highest BCUT2D eigenvalue weighted by molar-refractivity contribution is 14.1. The first-order chi connectivity index (χ1) is 26.5. The average Bonchev–Trinajstić information content (AvgIpc) is 3.14. The fourth-order valence-electron chi connectivity index (χ4n) is 3.93. The molecule has 0 aromatic carbocycles. The molecule has 0 fully saturated rings. The lowest BCUT2D eigenvalue weighted by molar-refractivity contribution is -0.0290. The summed E-state index contributed by atoms with van der Waals surface area (Å²) in [6.07, 6.45) is 4.51. The van der Waals surface area contributed by atoms with E-state index in [1.807, 2.05) is 20.8 Å². The van der Waals surface area contributed by atoms with Crippen LogP contribution in [0.15, 0.2) is 0 Å². The molecule has 0 aromatic rings. The maximum atomic E-state index is 11.5. The number of ether oxygens (including phenoxy) is 14. The average molecular weight is 900 g/mol. The summed E-state index contributed by atoms with van der Waals surface area (Å²) in [5.41, 5.74) is -0.513. The number of hydrogen-bond acceptors (Lipinski definition) is 15. The van der Waals surface area contributed by atoms with Crippen molar-refractivity contribution in [1.29, 1.82) is 0 Å². The lowest BCUT2D eigenvalue weighted by atomic mass is 10.2. The van der Waals surface area contributed by atoms with Crippen LogP contribution < -0.4 is 5.32 Å². The van der Waals surface area contributed by atoms with Crippen molar-refractivity contribution in [2.24, 2.45) is 0 Å². The van der Waals surface area contributed by atoms with Gasteiger partial charge >= 0.3 is 6.09 Å². The zero-order valence-electron chi connectivity index (χ0n) is 33.6. The van der Waals surface area contributed by atoms with Crippen molar-refractivity contribution in [1.82, 2.24) is 5.32 Å². The van der Waals surface area contributed by atoms with E-state index in [1.54, 1.807) is 0 Å². The molecular weight excluding hydrogens is 825 g/mol. The number of nitrogens with one attached hydrogen (secondary N) is 1.